The summed E-state index contributed by atoms with van der Waals surface area (Å²) >= 11 is 0. The molecule has 1 aromatic rings. The molecular weight excluding hydrogens is 214 g/mol. The third-order valence-electron chi connectivity index (χ3n) is 3.55. The quantitative estimate of drug-likeness (QED) is 0.816. The Labute approximate surface area is 102 Å². The number of hydrogen-bond donors (Lipinski definition) is 1. The maximum atomic E-state index is 6.00. The molecule has 1 aliphatic heterocycles. The Kier molecular flexibility index (Phi) is 2.93. The van der Waals surface area contributed by atoms with Crippen LogP contribution in [0.15, 0.2) is 18.2 Å². The van der Waals surface area contributed by atoms with Crippen molar-refractivity contribution in [3.63, 3.8) is 0 Å². The fraction of sp³-hybridized carbons (Fsp3) is 0.571. The average molecular weight is 233 g/mol. The smallest absolute Gasteiger partial charge is 0.142 e. The lowest BCUT2D eigenvalue weighted by Crippen LogP contribution is -2.26. The van der Waals surface area contributed by atoms with Crippen LogP contribution in [0.3, 0.4) is 0 Å². The van der Waals surface area contributed by atoms with E-state index in [9.17, 15) is 0 Å². The predicted octanol–water partition coefficient (Wildman–Crippen LogP) is 2.70. The molecule has 2 aliphatic rings. The maximum absolute atomic E-state index is 6.00. The molecule has 3 nitrogen and oxygen atoms in total. The Balaban J connectivity index is 1.73. The lowest BCUT2D eigenvalue weighted by molar-refractivity contribution is 0.0258. The zero-order chi connectivity index (χ0) is 11.7. The first-order valence-corrected chi connectivity index (χ1v) is 6.47. The van der Waals surface area contributed by atoms with E-state index in [1.807, 2.05) is 6.07 Å². The van der Waals surface area contributed by atoms with Gasteiger partial charge in [-0.2, -0.15) is 0 Å². The zero-order valence-electron chi connectivity index (χ0n) is 10.0. The first-order chi connectivity index (χ1) is 8.33. The normalized spacial score (nSPS) is 21.4. The average Bonchev–Trinajstić information content (AvgIpc) is 3.17. The highest BCUT2D eigenvalue weighted by Gasteiger charge is 2.24. The minimum atomic E-state index is 0.264. The number of ether oxygens (including phenoxy) is 2. The van der Waals surface area contributed by atoms with Crippen LogP contribution in [0.5, 0.6) is 5.75 Å². The fourth-order valence-electron chi connectivity index (χ4n) is 2.30. The molecule has 0 amide bonds. The van der Waals surface area contributed by atoms with Gasteiger partial charge in [-0.1, -0.05) is 6.07 Å². The number of anilines is 1. The number of nitrogen functional groups attached to an aromatic ring is 1. The summed E-state index contributed by atoms with van der Waals surface area (Å²) in [6.45, 7) is 1.60. The molecule has 92 valence electrons. The summed E-state index contributed by atoms with van der Waals surface area (Å²) in [4.78, 5) is 0. The minimum absolute atomic E-state index is 0.264. The van der Waals surface area contributed by atoms with Crippen LogP contribution in [0.2, 0.25) is 0 Å². The highest BCUT2D eigenvalue weighted by molar-refractivity contribution is 5.55. The van der Waals surface area contributed by atoms with Gasteiger partial charge in [0, 0.05) is 12.8 Å². The van der Waals surface area contributed by atoms with Gasteiger partial charge in [0.15, 0.2) is 0 Å². The molecule has 0 radical (unpaired) electrons. The van der Waals surface area contributed by atoms with Crippen molar-refractivity contribution in [2.75, 3.05) is 18.9 Å². The van der Waals surface area contributed by atoms with E-state index in [-0.39, 0.29) is 6.10 Å². The van der Waals surface area contributed by atoms with Crippen molar-refractivity contribution in [2.45, 2.75) is 37.7 Å². The molecule has 1 saturated heterocycles. The van der Waals surface area contributed by atoms with E-state index < -0.39 is 0 Å². The van der Waals surface area contributed by atoms with Gasteiger partial charge >= 0.3 is 0 Å². The molecule has 2 N–H and O–H groups in total. The summed E-state index contributed by atoms with van der Waals surface area (Å²) in [7, 11) is 0. The summed E-state index contributed by atoms with van der Waals surface area (Å²) in [6, 6.07) is 6.23. The number of nitrogens with two attached hydrogens (primary N) is 1. The molecule has 0 spiro atoms. The summed E-state index contributed by atoms with van der Waals surface area (Å²) in [5.41, 5.74) is 8.10. The van der Waals surface area contributed by atoms with Crippen LogP contribution in [-0.4, -0.2) is 19.3 Å². The highest BCUT2D eigenvalue weighted by Crippen LogP contribution is 2.42. The van der Waals surface area contributed by atoms with E-state index in [1.54, 1.807) is 0 Å². The van der Waals surface area contributed by atoms with Crippen LogP contribution in [0.4, 0.5) is 5.69 Å². The Hall–Kier alpha value is -1.22. The van der Waals surface area contributed by atoms with Gasteiger partial charge in [0.1, 0.15) is 11.9 Å². The van der Waals surface area contributed by atoms with Crippen molar-refractivity contribution in [3.8, 4) is 5.75 Å². The van der Waals surface area contributed by atoms with Crippen LogP contribution in [-0.2, 0) is 4.74 Å². The Bertz CT molecular complexity index is 395. The molecule has 0 aromatic heterocycles. The topological polar surface area (TPSA) is 44.5 Å². The van der Waals surface area contributed by atoms with E-state index >= 15 is 0 Å². The molecule has 1 aromatic carbocycles. The number of rotatable bonds is 3. The molecule has 2 fully saturated rings. The van der Waals surface area contributed by atoms with Crippen LogP contribution in [0.1, 0.15) is 37.2 Å². The molecule has 17 heavy (non-hydrogen) atoms. The van der Waals surface area contributed by atoms with Gasteiger partial charge < -0.3 is 15.2 Å². The van der Waals surface area contributed by atoms with E-state index in [0.29, 0.717) is 0 Å². The monoisotopic (exact) mass is 233 g/mol. The Morgan fingerprint density at radius 2 is 1.88 bits per heavy atom. The third kappa shape index (κ3) is 2.55. The first-order valence-electron chi connectivity index (χ1n) is 6.47. The highest BCUT2D eigenvalue weighted by atomic mass is 16.5. The van der Waals surface area contributed by atoms with Gasteiger partial charge in [-0.05, 0) is 36.5 Å². The molecule has 1 heterocycles. The summed E-state index contributed by atoms with van der Waals surface area (Å²) < 4.78 is 11.3. The standard InChI is InChI=1S/C14H19NO2/c15-13-4-3-11(10-1-2-10)9-14(13)17-12-5-7-16-8-6-12/h3-4,9-10,12H,1-2,5-8,15H2. The van der Waals surface area contributed by atoms with E-state index in [2.05, 4.69) is 12.1 Å². The number of hydrogen-bond acceptors (Lipinski definition) is 3. The Morgan fingerprint density at radius 3 is 2.59 bits per heavy atom. The molecular formula is C14H19NO2. The lowest BCUT2D eigenvalue weighted by atomic mass is 10.1. The zero-order valence-corrected chi connectivity index (χ0v) is 10.0. The van der Waals surface area contributed by atoms with Gasteiger partial charge in [0.2, 0.25) is 0 Å². The second-order valence-electron chi connectivity index (χ2n) is 5.00. The molecule has 1 saturated carbocycles. The van der Waals surface area contributed by atoms with Crippen LogP contribution < -0.4 is 10.5 Å². The summed E-state index contributed by atoms with van der Waals surface area (Å²) in [6.07, 6.45) is 4.81. The first kappa shape index (κ1) is 10.9. The third-order valence-corrected chi connectivity index (χ3v) is 3.55. The predicted molar refractivity (Wildman–Crippen MR) is 67.3 cm³/mol. The van der Waals surface area contributed by atoms with Gasteiger partial charge in [0.05, 0.1) is 18.9 Å². The SMILES string of the molecule is Nc1ccc(C2CC2)cc1OC1CCOCC1. The van der Waals surface area contributed by atoms with Gasteiger partial charge in [0.25, 0.3) is 0 Å². The van der Waals surface area contributed by atoms with E-state index in [4.69, 9.17) is 15.2 Å². The molecule has 0 atom stereocenters. The van der Waals surface area contributed by atoms with E-state index in [1.165, 1.54) is 18.4 Å². The molecule has 3 rings (SSSR count). The van der Waals surface area contributed by atoms with Gasteiger partial charge in [-0.15, -0.1) is 0 Å². The Morgan fingerprint density at radius 1 is 1.12 bits per heavy atom. The maximum Gasteiger partial charge on any atom is 0.142 e. The van der Waals surface area contributed by atoms with Crippen molar-refractivity contribution >= 4 is 5.69 Å². The summed E-state index contributed by atoms with van der Waals surface area (Å²) in [5.74, 6) is 1.61. The van der Waals surface area contributed by atoms with Crippen molar-refractivity contribution < 1.29 is 9.47 Å². The number of benzene rings is 1. The van der Waals surface area contributed by atoms with Crippen LogP contribution in [0, 0.1) is 0 Å². The molecule has 0 unspecified atom stereocenters. The van der Waals surface area contributed by atoms with Crippen molar-refractivity contribution in [2.24, 2.45) is 0 Å². The van der Waals surface area contributed by atoms with E-state index in [0.717, 1.165) is 43.4 Å². The van der Waals surface area contributed by atoms with Crippen LogP contribution in [0.25, 0.3) is 0 Å². The molecule has 0 bridgehead atoms. The molecule has 3 heteroatoms. The van der Waals surface area contributed by atoms with Crippen molar-refractivity contribution in [1.29, 1.82) is 0 Å². The van der Waals surface area contributed by atoms with Gasteiger partial charge in [-0.3, -0.25) is 0 Å². The molecule has 1 aliphatic carbocycles. The second kappa shape index (κ2) is 4.57. The second-order valence-corrected chi connectivity index (χ2v) is 5.00. The van der Waals surface area contributed by atoms with Crippen LogP contribution >= 0.6 is 0 Å². The minimum Gasteiger partial charge on any atom is -0.488 e. The van der Waals surface area contributed by atoms with Crippen molar-refractivity contribution in [3.05, 3.63) is 23.8 Å². The summed E-state index contributed by atoms with van der Waals surface area (Å²) in [5, 5.41) is 0. The fourth-order valence-corrected chi connectivity index (χ4v) is 2.30. The lowest BCUT2D eigenvalue weighted by Gasteiger charge is -2.24. The van der Waals surface area contributed by atoms with Crippen molar-refractivity contribution in [1.82, 2.24) is 0 Å². The van der Waals surface area contributed by atoms with Gasteiger partial charge in [-0.25, -0.2) is 0 Å². The largest absolute Gasteiger partial charge is 0.488 e.